The van der Waals surface area contributed by atoms with Gasteiger partial charge in [0.25, 0.3) is 0 Å². The summed E-state index contributed by atoms with van der Waals surface area (Å²) in [5.41, 5.74) is -0.891. The molecule has 0 aromatic heterocycles. The van der Waals surface area contributed by atoms with Crippen LogP contribution >= 0.6 is 0 Å². The van der Waals surface area contributed by atoms with Gasteiger partial charge in [-0.1, -0.05) is 6.92 Å². The summed E-state index contributed by atoms with van der Waals surface area (Å²) in [5.74, 6) is -0.153. The van der Waals surface area contributed by atoms with Crippen LogP contribution in [0.5, 0.6) is 0 Å². The van der Waals surface area contributed by atoms with Gasteiger partial charge in [0.1, 0.15) is 5.41 Å². The molecule has 1 unspecified atom stereocenters. The van der Waals surface area contributed by atoms with Crippen LogP contribution in [0.1, 0.15) is 33.1 Å². The molecule has 1 aliphatic rings. The lowest BCUT2D eigenvalue weighted by atomic mass is 9.88. The van der Waals surface area contributed by atoms with Crippen molar-refractivity contribution in [1.82, 2.24) is 5.32 Å². The molecule has 1 N–H and O–H groups in total. The van der Waals surface area contributed by atoms with E-state index in [2.05, 4.69) is 11.4 Å². The summed E-state index contributed by atoms with van der Waals surface area (Å²) >= 11 is 0. The summed E-state index contributed by atoms with van der Waals surface area (Å²) < 4.78 is 5.20. The molecule has 84 valence electrons. The molecule has 1 heterocycles. The summed E-state index contributed by atoms with van der Waals surface area (Å²) in [4.78, 5) is 11.8. The molecule has 1 amide bonds. The Morgan fingerprint density at radius 2 is 2.20 bits per heavy atom. The first kappa shape index (κ1) is 12.0. The minimum Gasteiger partial charge on any atom is -0.381 e. The van der Waals surface area contributed by atoms with E-state index in [1.54, 1.807) is 6.92 Å². The molecular weight excluding hydrogens is 192 g/mol. The average molecular weight is 210 g/mol. The van der Waals surface area contributed by atoms with Crippen LogP contribution in [0, 0.1) is 16.7 Å². The van der Waals surface area contributed by atoms with Gasteiger partial charge in [-0.15, -0.1) is 0 Å². The molecule has 4 heteroatoms. The van der Waals surface area contributed by atoms with Crippen molar-refractivity contribution in [2.75, 3.05) is 13.2 Å². The topological polar surface area (TPSA) is 62.1 Å². The smallest absolute Gasteiger partial charge is 0.240 e. The van der Waals surface area contributed by atoms with Gasteiger partial charge in [-0.2, -0.15) is 5.26 Å². The van der Waals surface area contributed by atoms with Gasteiger partial charge >= 0.3 is 0 Å². The molecule has 1 rings (SSSR count). The van der Waals surface area contributed by atoms with Crippen molar-refractivity contribution in [3.63, 3.8) is 0 Å². The van der Waals surface area contributed by atoms with Gasteiger partial charge in [0.2, 0.25) is 5.91 Å². The Morgan fingerprint density at radius 1 is 1.60 bits per heavy atom. The Morgan fingerprint density at radius 3 is 2.67 bits per heavy atom. The van der Waals surface area contributed by atoms with Gasteiger partial charge in [0.15, 0.2) is 0 Å². The van der Waals surface area contributed by atoms with Gasteiger partial charge in [0.05, 0.1) is 6.07 Å². The monoisotopic (exact) mass is 210 g/mol. The lowest BCUT2D eigenvalue weighted by Crippen LogP contribution is -2.45. The Labute approximate surface area is 90.6 Å². The molecule has 1 aliphatic heterocycles. The molecular formula is C11H18N2O2. The quantitative estimate of drug-likeness (QED) is 0.761. The minimum atomic E-state index is -0.891. The summed E-state index contributed by atoms with van der Waals surface area (Å²) in [7, 11) is 0. The van der Waals surface area contributed by atoms with Crippen LogP contribution < -0.4 is 5.32 Å². The number of carbonyl (C=O) groups is 1. The van der Waals surface area contributed by atoms with Crippen LogP contribution in [0.15, 0.2) is 0 Å². The van der Waals surface area contributed by atoms with E-state index in [1.165, 1.54) is 0 Å². The molecule has 0 radical (unpaired) electrons. The molecule has 0 aliphatic carbocycles. The number of ether oxygens (including phenoxy) is 1. The normalized spacial score (nSPS) is 21.4. The van der Waals surface area contributed by atoms with Crippen molar-refractivity contribution in [1.29, 1.82) is 5.26 Å². The Balaban J connectivity index is 2.50. The molecule has 0 aromatic carbocycles. The van der Waals surface area contributed by atoms with Crippen LogP contribution in [0.25, 0.3) is 0 Å². The predicted octanol–water partition coefficient (Wildman–Crippen LogP) is 1.22. The van der Waals surface area contributed by atoms with Crippen LogP contribution in [0.2, 0.25) is 0 Å². The number of amides is 1. The van der Waals surface area contributed by atoms with E-state index in [9.17, 15) is 4.79 Å². The maximum atomic E-state index is 11.8. The Hall–Kier alpha value is -1.08. The van der Waals surface area contributed by atoms with Crippen molar-refractivity contribution in [2.24, 2.45) is 5.41 Å². The summed E-state index contributed by atoms with van der Waals surface area (Å²) in [5, 5.41) is 11.9. The van der Waals surface area contributed by atoms with Crippen LogP contribution in [0.4, 0.5) is 0 Å². The molecule has 0 spiro atoms. The fourth-order valence-corrected chi connectivity index (χ4v) is 1.48. The molecule has 1 saturated heterocycles. The second-order valence-electron chi connectivity index (χ2n) is 4.16. The standard InChI is InChI=1S/C11H18N2O2/c1-3-11(2,8-12)10(14)13-9-4-6-15-7-5-9/h9H,3-7H2,1-2H3,(H,13,14). The maximum absolute atomic E-state index is 11.8. The Kier molecular flexibility index (Phi) is 4.10. The molecule has 1 atom stereocenters. The third-order valence-electron chi connectivity index (χ3n) is 3.01. The number of hydrogen-bond acceptors (Lipinski definition) is 3. The molecule has 15 heavy (non-hydrogen) atoms. The van der Waals surface area contributed by atoms with Crippen molar-refractivity contribution in [3.8, 4) is 6.07 Å². The van der Waals surface area contributed by atoms with Crippen LogP contribution in [-0.2, 0) is 9.53 Å². The number of carbonyl (C=O) groups excluding carboxylic acids is 1. The summed E-state index contributed by atoms with van der Waals surface area (Å²) in [6.07, 6.45) is 2.23. The van der Waals surface area contributed by atoms with E-state index in [1.807, 2.05) is 6.92 Å². The lowest BCUT2D eigenvalue weighted by Gasteiger charge is -2.27. The fourth-order valence-electron chi connectivity index (χ4n) is 1.48. The van der Waals surface area contributed by atoms with E-state index < -0.39 is 5.41 Å². The second-order valence-corrected chi connectivity index (χ2v) is 4.16. The zero-order chi connectivity index (χ0) is 11.3. The van der Waals surface area contributed by atoms with Crippen molar-refractivity contribution in [2.45, 2.75) is 39.2 Å². The average Bonchev–Trinajstić information content (AvgIpc) is 2.29. The van der Waals surface area contributed by atoms with Gasteiger partial charge in [-0.25, -0.2) is 0 Å². The number of nitrogens with zero attached hydrogens (tertiary/aromatic N) is 1. The maximum Gasteiger partial charge on any atom is 0.240 e. The third kappa shape index (κ3) is 2.93. The third-order valence-corrected chi connectivity index (χ3v) is 3.01. The summed E-state index contributed by atoms with van der Waals surface area (Å²) in [6.45, 7) is 4.93. The van der Waals surface area contributed by atoms with E-state index in [0.29, 0.717) is 19.6 Å². The van der Waals surface area contributed by atoms with E-state index in [0.717, 1.165) is 12.8 Å². The van der Waals surface area contributed by atoms with E-state index in [4.69, 9.17) is 10.00 Å². The van der Waals surface area contributed by atoms with Gasteiger partial charge in [0, 0.05) is 19.3 Å². The lowest BCUT2D eigenvalue weighted by molar-refractivity contribution is -0.129. The first-order chi connectivity index (χ1) is 7.12. The first-order valence-corrected chi connectivity index (χ1v) is 5.42. The van der Waals surface area contributed by atoms with Gasteiger partial charge in [-0.05, 0) is 26.2 Å². The zero-order valence-electron chi connectivity index (χ0n) is 9.38. The highest BCUT2D eigenvalue weighted by Crippen LogP contribution is 2.20. The van der Waals surface area contributed by atoms with Gasteiger partial charge < -0.3 is 10.1 Å². The molecule has 0 bridgehead atoms. The number of nitriles is 1. The highest BCUT2D eigenvalue weighted by Gasteiger charge is 2.32. The molecule has 0 aromatic rings. The van der Waals surface area contributed by atoms with E-state index in [-0.39, 0.29) is 11.9 Å². The zero-order valence-corrected chi connectivity index (χ0v) is 9.38. The predicted molar refractivity (Wildman–Crippen MR) is 56.0 cm³/mol. The minimum absolute atomic E-state index is 0.153. The molecule has 0 saturated carbocycles. The SMILES string of the molecule is CCC(C)(C#N)C(=O)NC1CCOCC1. The van der Waals surface area contributed by atoms with Crippen molar-refractivity contribution in [3.05, 3.63) is 0 Å². The van der Waals surface area contributed by atoms with Crippen molar-refractivity contribution >= 4 is 5.91 Å². The second kappa shape index (κ2) is 5.13. The fraction of sp³-hybridized carbons (Fsp3) is 0.818. The highest BCUT2D eigenvalue weighted by molar-refractivity contribution is 5.85. The molecule has 1 fully saturated rings. The van der Waals surface area contributed by atoms with Crippen LogP contribution in [-0.4, -0.2) is 25.2 Å². The summed E-state index contributed by atoms with van der Waals surface area (Å²) in [6, 6.07) is 2.25. The Bertz CT molecular complexity index is 266. The van der Waals surface area contributed by atoms with Gasteiger partial charge in [-0.3, -0.25) is 4.79 Å². The first-order valence-electron chi connectivity index (χ1n) is 5.42. The number of rotatable bonds is 3. The van der Waals surface area contributed by atoms with Crippen molar-refractivity contribution < 1.29 is 9.53 Å². The highest BCUT2D eigenvalue weighted by atomic mass is 16.5. The van der Waals surface area contributed by atoms with E-state index >= 15 is 0 Å². The van der Waals surface area contributed by atoms with Crippen LogP contribution in [0.3, 0.4) is 0 Å². The number of nitrogens with one attached hydrogen (secondary N) is 1. The largest absolute Gasteiger partial charge is 0.381 e. The number of hydrogen-bond donors (Lipinski definition) is 1. The molecule has 4 nitrogen and oxygen atoms in total.